The van der Waals surface area contributed by atoms with E-state index in [1.54, 1.807) is 30.5 Å². The second-order valence-corrected chi connectivity index (χ2v) is 6.73. The zero-order valence-electron chi connectivity index (χ0n) is 15.7. The number of hydrogen-bond donors (Lipinski definition) is 2. The molecule has 2 rings (SSSR count). The second kappa shape index (κ2) is 12.2. The van der Waals surface area contributed by atoms with E-state index in [0.717, 1.165) is 22.7 Å². The van der Waals surface area contributed by atoms with Gasteiger partial charge in [-0.15, -0.1) is 35.3 Å². The SMILES string of the molecule is CCc1nc(CNC(=NC)NCc2ccc(COCC(F)(F)F)cc2)cs1.I. The molecule has 5 nitrogen and oxygen atoms in total. The first-order valence-corrected chi connectivity index (χ1v) is 9.37. The molecule has 1 aromatic carbocycles. The van der Waals surface area contributed by atoms with Crippen LogP contribution in [0.15, 0.2) is 34.6 Å². The number of guanidine groups is 1. The maximum Gasteiger partial charge on any atom is 0.411 e. The predicted molar refractivity (Wildman–Crippen MR) is 116 cm³/mol. The number of thiazole rings is 1. The van der Waals surface area contributed by atoms with Gasteiger partial charge in [0.1, 0.15) is 6.61 Å². The Morgan fingerprint density at radius 3 is 2.36 bits per heavy atom. The fraction of sp³-hybridized carbons (Fsp3) is 0.444. The molecule has 0 saturated carbocycles. The van der Waals surface area contributed by atoms with Gasteiger partial charge in [-0.25, -0.2) is 4.98 Å². The van der Waals surface area contributed by atoms with E-state index in [0.29, 0.717) is 24.6 Å². The summed E-state index contributed by atoms with van der Waals surface area (Å²) in [5.74, 6) is 0.652. The molecule has 0 spiro atoms. The number of ether oxygens (including phenoxy) is 1. The van der Waals surface area contributed by atoms with Gasteiger partial charge in [-0.3, -0.25) is 4.99 Å². The van der Waals surface area contributed by atoms with Crippen LogP contribution in [-0.4, -0.2) is 30.8 Å². The standard InChI is InChI=1S/C18H23F3N4OS.HI/c1-3-16-25-15(11-27-16)9-24-17(22-2)23-8-13-4-6-14(7-5-13)10-26-12-18(19,20)21;/h4-7,11H,3,8-10,12H2,1-2H3,(H2,22,23,24);1H. The first kappa shape index (κ1) is 24.6. The minimum Gasteiger partial charge on any atom is -0.367 e. The molecule has 10 heteroatoms. The van der Waals surface area contributed by atoms with Crippen molar-refractivity contribution in [3.8, 4) is 0 Å². The number of aromatic nitrogens is 1. The lowest BCUT2D eigenvalue weighted by atomic mass is 10.1. The lowest BCUT2D eigenvalue weighted by Crippen LogP contribution is -2.36. The van der Waals surface area contributed by atoms with Crippen molar-refractivity contribution in [1.82, 2.24) is 15.6 Å². The van der Waals surface area contributed by atoms with Crippen LogP contribution < -0.4 is 10.6 Å². The minimum atomic E-state index is -4.30. The van der Waals surface area contributed by atoms with Crippen LogP contribution in [-0.2, 0) is 30.9 Å². The highest BCUT2D eigenvalue weighted by Gasteiger charge is 2.27. The van der Waals surface area contributed by atoms with Gasteiger partial charge in [0.25, 0.3) is 0 Å². The molecule has 156 valence electrons. The summed E-state index contributed by atoms with van der Waals surface area (Å²) in [6, 6.07) is 7.21. The average Bonchev–Trinajstić information content (AvgIpc) is 3.10. The van der Waals surface area contributed by atoms with Crippen molar-refractivity contribution in [3.05, 3.63) is 51.5 Å². The number of aryl methyl sites for hydroxylation is 1. The van der Waals surface area contributed by atoms with Crippen LogP contribution in [0.1, 0.15) is 28.8 Å². The van der Waals surface area contributed by atoms with E-state index in [-0.39, 0.29) is 30.6 Å². The smallest absolute Gasteiger partial charge is 0.367 e. The van der Waals surface area contributed by atoms with Gasteiger partial charge in [-0.05, 0) is 17.5 Å². The molecule has 2 aromatic rings. The summed E-state index contributed by atoms with van der Waals surface area (Å²) in [4.78, 5) is 8.66. The monoisotopic (exact) mass is 528 g/mol. The molecule has 0 aliphatic carbocycles. The van der Waals surface area contributed by atoms with E-state index in [9.17, 15) is 13.2 Å². The van der Waals surface area contributed by atoms with E-state index >= 15 is 0 Å². The zero-order chi connectivity index (χ0) is 19.7. The van der Waals surface area contributed by atoms with Crippen LogP contribution >= 0.6 is 35.3 Å². The van der Waals surface area contributed by atoms with Crippen LogP contribution in [0.4, 0.5) is 13.2 Å². The van der Waals surface area contributed by atoms with Crippen LogP contribution in [0, 0.1) is 0 Å². The Morgan fingerprint density at radius 1 is 1.14 bits per heavy atom. The van der Waals surface area contributed by atoms with Crippen molar-refractivity contribution < 1.29 is 17.9 Å². The highest BCUT2D eigenvalue weighted by molar-refractivity contribution is 14.0. The molecule has 2 N–H and O–H groups in total. The van der Waals surface area contributed by atoms with E-state index in [1.165, 1.54) is 0 Å². The Balaban J connectivity index is 0.00000392. The summed E-state index contributed by atoms with van der Waals surface area (Å²) in [6.45, 7) is 1.90. The molecular weight excluding hydrogens is 504 g/mol. The molecule has 28 heavy (non-hydrogen) atoms. The van der Waals surface area contributed by atoms with Gasteiger partial charge in [0, 0.05) is 19.0 Å². The molecular formula is C18H24F3IN4OS. The topological polar surface area (TPSA) is 58.5 Å². The van der Waals surface area contributed by atoms with Crippen molar-refractivity contribution in [2.75, 3.05) is 13.7 Å². The number of nitrogens with one attached hydrogen (secondary N) is 2. The van der Waals surface area contributed by atoms with Crippen molar-refractivity contribution in [3.63, 3.8) is 0 Å². The first-order chi connectivity index (χ1) is 12.9. The lowest BCUT2D eigenvalue weighted by molar-refractivity contribution is -0.176. The number of nitrogens with zero attached hydrogens (tertiary/aromatic N) is 2. The lowest BCUT2D eigenvalue weighted by Gasteiger charge is -2.12. The number of halogens is 4. The van der Waals surface area contributed by atoms with Gasteiger partial charge < -0.3 is 15.4 Å². The van der Waals surface area contributed by atoms with Gasteiger partial charge in [0.2, 0.25) is 0 Å². The Labute approximate surface area is 183 Å². The van der Waals surface area contributed by atoms with Crippen LogP contribution in [0.3, 0.4) is 0 Å². The van der Waals surface area contributed by atoms with Gasteiger partial charge >= 0.3 is 6.18 Å². The third-order valence-electron chi connectivity index (χ3n) is 3.58. The Bertz CT molecular complexity index is 735. The normalized spacial score (nSPS) is 11.8. The Morgan fingerprint density at radius 2 is 1.79 bits per heavy atom. The molecule has 0 unspecified atom stereocenters. The number of benzene rings is 1. The van der Waals surface area contributed by atoms with Gasteiger partial charge in [-0.1, -0.05) is 31.2 Å². The first-order valence-electron chi connectivity index (χ1n) is 8.49. The number of rotatable bonds is 8. The highest BCUT2D eigenvalue weighted by atomic mass is 127. The van der Waals surface area contributed by atoms with Gasteiger partial charge in [0.15, 0.2) is 5.96 Å². The van der Waals surface area contributed by atoms with Crippen LogP contribution in [0.5, 0.6) is 0 Å². The highest BCUT2D eigenvalue weighted by Crippen LogP contribution is 2.16. The molecule has 1 heterocycles. The molecule has 0 radical (unpaired) electrons. The molecule has 1 aromatic heterocycles. The number of hydrogen-bond acceptors (Lipinski definition) is 4. The largest absolute Gasteiger partial charge is 0.411 e. The van der Waals surface area contributed by atoms with Crippen molar-refractivity contribution in [1.29, 1.82) is 0 Å². The molecule has 0 aliphatic rings. The van der Waals surface area contributed by atoms with Gasteiger partial charge in [0.05, 0.1) is 23.9 Å². The molecule has 0 saturated heterocycles. The summed E-state index contributed by atoms with van der Waals surface area (Å²) < 4.78 is 40.9. The quantitative estimate of drug-likeness (QED) is 0.306. The zero-order valence-corrected chi connectivity index (χ0v) is 18.8. The second-order valence-electron chi connectivity index (χ2n) is 5.79. The number of aliphatic imine (C=N–C) groups is 1. The minimum absolute atomic E-state index is 0. The van der Waals surface area contributed by atoms with Gasteiger partial charge in [-0.2, -0.15) is 13.2 Å². The summed E-state index contributed by atoms with van der Waals surface area (Å²) >= 11 is 1.64. The van der Waals surface area contributed by atoms with Crippen molar-refractivity contribution in [2.24, 2.45) is 4.99 Å². The van der Waals surface area contributed by atoms with Crippen LogP contribution in [0.2, 0.25) is 0 Å². The molecule has 0 atom stereocenters. The summed E-state index contributed by atoms with van der Waals surface area (Å²) in [6.07, 6.45) is -3.38. The molecule has 0 fully saturated rings. The van der Waals surface area contributed by atoms with E-state index in [2.05, 4.69) is 32.3 Å². The third kappa shape index (κ3) is 9.20. The molecule has 0 aliphatic heterocycles. The van der Waals surface area contributed by atoms with Crippen molar-refractivity contribution in [2.45, 2.75) is 39.2 Å². The maximum absolute atomic E-state index is 12.1. The van der Waals surface area contributed by atoms with E-state index < -0.39 is 12.8 Å². The van der Waals surface area contributed by atoms with E-state index in [4.69, 9.17) is 0 Å². The van der Waals surface area contributed by atoms with E-state index in [1.807, 2.05) is 17.5 Å². The van der Waals surface area contributed by atoms with Crippen LogP contribution in [0.25, 0.3) is 0 Å². The summed E-state index contributed by atoms with van der Waals surface area (Å²) in [5.41, 5.74) is 2.66. The Kier molecular flexibility index (Phi) is 10.8. The maximum atomic E-state index is 12.1. The summed E-state index contributed by atoms with van der Waals surface area (Å²) in [7, 11) is 1.69. The third-order valence-corrected chi connectivity index (χ3v) is 4.62. The summed E-state index contributed by atoms with van der Waals surface area (Å²) in [5, 5.41) is 9.53. The number of alkyl halides is 3. The fourth-order valence-corrected chi connectivity index (χ4v) is 2.96. The predicted octanol–water partition coefficient (Wildman–Crippen LogP) is 4.27. The molecule has 0 amide bonds. The Hall–Kier alpha value is -1.40. The molecule has 0 bridgehead atoms. The van der Waals surface area contributed by atoms with Crippen molar-refractivity contribution >= 4 is 41.3 Å². The fourth-order valence-electron chi connectivity index (χ4n) is 2.21. The average molecular weight is 528 g/mol.